The number of nitrogens with zero attached hydrogens (tertiary/aromatic N) is 1. The van der Waals surface area contributed by atoms with E-state index in [2.05, 4.69) is 0 Å². The van der Waals surface area contributed by atoms with Gasteiger partial charge in [0.05, 0.1) is 18.1 Å². The summed E-state index contributed by atoms with van der Waals surface area (Å²) in [7, 11) is 0. The first kappa shape index (κ1) is 22.2. The number of esters is 2. The highest BCUT2D eigenvalue weighted by Gasteiger charge is 2.37. The lowest BCUT2D eigenvalue weighted by molar-refractivity contribution is -0.151. The van der Waals surface area contributed by atoms with Gasteiger partial charge in [-0.25, -0.2) is 4.79 Å². The Morgan fingerprint density at radius 1 is 1.00 bits per heavy atom. The molecule has 0 N–H and O–H groups in total. The molecular formula is C24H25NO6. The Morgan fingerprint density at radius 2 is 1.68 bits per heavy atom. The number of anilines is 1. The first-order valence-corrected chi connectivity index (χ1v) is 10.3. The highest BCUT2D eigenvalue weighted by Crippen LogP contribution is 2.27. The van der Waals surface area contributed by atoms with Crippen LogP contribution in [-0.4, -0.2) is 42.9 Å². The number of hydrogen-bond acceptors (Lipinski definition) is 6. The van der Waals surface area contributed by atoms with Crippen LogP contribution >= 0.6 is 0 Å². The topological polar surface area (TPSA) is 90.0 Å². The van der Waals surface area contributed by atoms with Crippen molar-refractivity contribution in [2.75, 3.05) is 18.1 Å². The molecule has 7 nitrogen and oxygen atoms in total. The number of ketones is 1. The van der Waals surface area contributed by atoms with Crippen LogP contribution in [0.4, 0.5) is 5.69 Å². The first-order valence-electron chi connectivity index (χ1n) is 10.3. The van der Waals surface area contributed by atoms with Gasteiger partial charge in [0, 0.05) is 24.2 Å². The van der Waals surface area contributed by atoms with E-state index < -0.39 is 24.0 Å². The molecule has 0 spiro atoms. The van der Waals surface area contributed by atoms with E-state index in [9.17, 15) is 19.2 Å². The predicted octanol–water partition coefficient (Wildman–Crippen LogP) is 3.42. The molecule has 2 aromatic rings. The number of rotatable bonds is 8. The summed E-state index contributed by atoms with van der Waals surface area (Å²) >= 11 is 0. The first-order chi connectivity index (χ1) is 14.9. The summed E-state index contributed by atoms with van der Waals surface area (Å²) < 4.78 is 10.4. The number of carbonyl (C=O) groups is 4. The van der Waals surface area contributed by atoms with Crippen LogP contribution in [-0.2, 0) is 19.1 Å². The van der Waals surface area contributed by atoms with Crippen LogP contribution in [0.1, 0.15) is 47.4 Å². The fraction of sp³-hybridized carbons (Fsp3) is 0.333. The average Bonchev–Trinajstić information content (AvgIpc) is 3.19. The van der Waals surface area contributed by atoms with Gasteiger partial charge in [-0.1, -0.05) is 37.3 Å². The van der Waals surface area contributed by atoms with Crippen molar-refractivity contribution in [1.82, 2.24) is 0 Å². The van der Waals surface area contributed by atoms with E-state index in [1.165, 1.54) is 4.90 Å². The molecular weight excluding hydrogens is 398 g/mol. The van der Waals surface area contributed by atoms with Crippen LogP contribution in [0.15, 0.2) is 54.6 Å². The highest BCUT2D eigenvalue weighted by molar-refractivity contribution is 6.02. The maximum absolute atomic E-state index is 12.7. The second kappa shape index (κ2) is 10.0. The van der Waals surface area contributed by atoms with E-state index >= 15 is 0 Å². The average molecular weight is 423 g/mol. The molecule has 0 bridgehead atoms. The molecule has 1 saturated heterocycles. The SMILES string of the molecule is CCOC(=O)c1ccc(N2C[C@@H](C(=O)O[C@H](CC)C(=O)c3ccccc3)CC2=O)cc1. The van der Waals surface area contributed by atoms with Crippen molar-refractivity contribution in [3.05, 3.63) is 65.7 Å². The van der Waals surface area contributed by atoms with Crippen molar-refractivity contribution < 1.29 is 28.7 Å². The summed E-state index contributed by atoms with van der Waals surface area (Å²) in [6.07, 6.45) is -0.531. The van der Waals surface area contributed by atoms with Gasteiger partial charge in [-0.05, 0) is 37.6 Å². The summed E-state index contributed by atoms with van der Waals surface area (Å²) in [6, 6.07) is 15.1. The van der Waals surface area contributed by atoms with Crippen molar-refractivity contribution >= 4 is 29.3 Å². The third-order valence-corrected chi connectivity index (χ3v) is 5.13. The molecule has 1 aliphatic rings. The minimum absolute atomic E-state index is 0.00836. The smallest absolute Gasteiger partial charge is 0.338 e. The summed E-state index contributed by atoms with van der Waals surface area (Å²) in [5.74, 6) is -2.12. The molecule has 1 heterocycles. The normalized spacial score (nSPS) is 16.6. The lowest BCUT2D eigenvalue weighted by Crippen LogP contribution is -2.31. The number of amides is 1. The third-order valence-electron chi connectivity index (χ3n) is 5.13. The van der Waals surface area contributed by atoms with E-state index in [4.69, 9.17) is 9.47 Å². The van der Waals surface area contributed by atoms with Gasteiger partial charge in [0.1, 0.15) is 0 Å². The Hall–Kier alpha value is -3.48. The molecule has 0 unspecified atom stereocenters. The summed E-state index contributed by atoms with van der Waals surface area (Å²) in [6.45, 7) is 3.94. The zero-order chi connectivity index (χ0) is 22.4. The van der Waals surface area contributed by atoms with E-state index in [1.54, 1.807) is 62.4 Å². The molecule has 31 heavy (non-hydrogen) atoms. The Morgan fingerprint density at radius 3 is 2.29 bits per heavy atom. The minimum Gasteiger partial charge on any atom is -0.462 e. The van der Waals surface area contributed by atoms with Gasteiger partial charge in [0.2, 0.25) is 11.7 Å². The van der Waals surface area contributed by atoms with E-state index in [1.807, 2.05) is 6.07 Å². The zero-order valence-electron chi connectivity index (χ0n) is 17.6. The van der Waals surface area contributed by atoms with Crippen molar-refractivity contribution in [2.24, 2.45) is 5.92 Å². The van der Waals surface area contributed by atoms with E-state index in [0.717, 1.165) is 0 Å². The number of carbonyl (C=O) groups excluding carboxylic acids is 4. The van der Waals surface area contributed by atoms with Gasteiger partial charge in [0.25, 0.3) is 0 Å². The van der Waals surface area contributed by atoms with Gasteiger partial charge >= 0.3 is 11.9 Å². The minimum atomic E-state index is -0.886. The molecule has 3 rings (SSSR count). The second-order valence-electron chi connectivity index (χ2n) is 7.24. The highest BCUT2D eigenvalue weighted by atomic mass is 16.5. The van der Waals surface area contributed by atoms with Gasteiger partial charge in [-0.3, -0.25) is 14.4 Å². The Kier molecular flexibility index (Phi) is 7.18. The molecule has 0 aromatic heterocycles. The molecule has 1 aliphatic heterocycles. The van der Waals surface area contributed by atoms with Crippen molar-refractivity contribution in [1.29, 1.82) is 0 Å². The van der Waals surface area contributed by atoms with Gasteiger partial charge in [-0.2, -0.15) is 0 Å². The summed E-state index contributed by atoms with van der Waals surface area (Å²) in [5, 5.41) is 0. The molecule has 1 fully saturated rings. The zero-order valence-corrected chi connectivity index (χ0v) is 17.6. The molecule has 2 aromatic carbocycles. The maximum Gasteiger partial charge on any atom is 0.338 e. The Balaban J connectivity index is 1.64. The summed E-state index contributed by atoms with van der Waals surface area (Å²) in [4.78, 5) is 51.0. The fourth-order valence-electron chi connectivity index (χ4n) is 3.45. The maximum atomic E-state index is 12.7. The molecule has 0 saturated carbocycles. The molecule has 162 valence electrons. The third kappa shape index (κ3) is 5.17. The quantitative estimate of drug-likeness (QED) is 0.477. The van der Waals surface area contributed by atoms with Crippen molar-refractivity contribution in [3.8, 4) is 0 Å². The number of benzene rings is 2. The largest absolute Gasteiger partial charge is 0.462 e. The summed E-state index contributed by atoms with van der Waals surface area (Å²) in [5.41, 5.74) is 1.45. The van der Waals surface area contributed by atoms with Crippen LogP contribution < -0.4 is 4.90 Å². The number of Topliss-reactive ketones (excluding diaryl/α,β-unsaturated/α-hetero) is 1. The van der Waals surface area contributed by atoms with Crippen molar-refractivity contribution in [2.45, 2.75) is 32.8 Å². The van der Waals surface area contributed by atoms with Crippen molar-refractivity contribution in [3.63, 3.8) is 0 Å². The van der Waals surface area contributed by atoms with Gasteiger partial charge < -0.3 is 14.4 Å². The van der Waals surface area contributed by atoms with Crippen LogP contribution in [0, 0.1) is 5.92 Å². The van der Waals surface area contributed by atoms with Crippen LogP contribution in [0.25, 0.3) is 0 Å². The molecule has 0 aliphatic carbocycles. The van der Waals surface area contributed by atoms with Gasteiger partial charge in [0.15, 0.2) is 6.10 Å². The van der Waals surface area contributed by atoms with Crippen LogP contribution in [0.3, 0.4) is 0 Å². The van der Waals surface area contributed by atoms with Gasteiger partial charge in [-0.15, -0.1) is 0 Å². The lowest BCUT2D eigenvalue weighted by atomic mass is 10.0. The monoisotopic (exact) mass is 423 g/mol. The number of ether oxygens (including phenoxy) is 2. The van der Waals surface area contributed by atoms with E-state index in [0.29, 0.717) is 23.2 Å². The number of hydrogen-bond donors (Lipinski definition) is 0. The van der Waals surface area contributed by atoms with Crippen LogP contribution in [0.5, 0.6) is 0 Å². The molecule has 2 atom stereocenters. The molecule has 0 radical (unpaired) electrons. The predicted molar refractivity (Wildman–Crippen MR) is 114 cm³/mol. The Bertz CT molecular complexity index is 954. The fourth-order valence-corrected chi connectivity index (χ4v) is 3.45. The lowest BCUT2D eigenvalue weighted by Gasteiger charge is -2.19. The molecule has 1 amide bonds. The molecule has 7 heteroatoms. The van der Waals surface area contributed by atoms with E-state index in [-0.39, 0.29) is 31.3 Å². The second-order valence-corrected chi connectivity index (χ2v) is 7.24. The Labute approximate surface area is 180 Å². The standard InChI is InChI=1S/C24H25NO6/c1-3-20(22(27)16-8-6-5-7-9-16)31-24(29)18-14-21(26)25(15-18)19-12-10-17(11-13-19)23(28)30-4-2/h5-13,18,20H,3-4,14-15H2,1-2H3/t18-,20+/m0/s1. The van der Waals surface area contributed by atoms with Crippen LogP contribution in [0.2, 0.25) is 0 Å².